The van der Waals surface area contributed by atoms with Crippen LogP contribution in [-0.2, 0) is 4.74 Å². The van der Waals surface area contributed by atoms with E-state index in [2.05, 4.69) is 20.7 Å². The number of benzene rings is 1. The van der Waals surface area contributed by atoms with Crippen molar-refractivity contribution >= 4 is 27.7 Å². The minimum absolute atomic E-state index is 0.00508. The minimum Gasteiger partial charge on any atom is -0.465 e. The number of esters is 1. The molecular formula is C11H11BrO3. The highest BCUT2D eigenvalue weighted by molar-refractivity contribution is 9.09. The Morgan fingerprint density at radius 1 is 1.40 bits per heavy atom. The summed E-state index contributed by atoms with van der Waals surface area (Å²) in [5.74, 6) is -0.389. The summed E-state index contributed by atoms with van der Waals surface area (Å²) in [6.45, 7) is 1.78. The van der Waals surface area contributed by atoms with E-state index in [9.17, 15) is 9.59 Å². The maximum absolute atomic E-state index is 11.4. The first-order valence-electron chi connectivity index (χ1n) is 4.38. The van der Waals surface area contributed by atoms with Crippen LogP contribution in [-0.4, -0.2) is 24.2 Å². The smallest absolute Gasteiger partial charge is 0.338 e. The number of carbonyl (C=O) groups is 2. The summed E-state index contributed by atoms with van der Waals surface area (Å²) in [5, 5.41) is 0.282. The second-order valence-corrected chi connectivity index (χ2v) is 3.64. The van der Waals surface area contributed by atoms with Gasteiger partial charge in [0.2, 0.25) is 0 Å². The molecule has 0 saturated heterocycles. The number of carbonyl (C=O) groups excluding carboxylic acids is 2. The van der Waals surface area contributed by atoms with Crippen LogP contribution in [0.5, 0.6) is 0 Å². The Balaban J connectivity index is 3.08. The van der Waals surface area contributed by atoms with Gasteiger partial charge in [0.05, 0.1) is 18.0 Å². The zero-order valence-corrected chi connectivity index (χ0v) is 10.1. The van der Waals surface area contributed by atoms with Crippen LogP contribution in [0.15, 0.2) is 18.2 Å². The van der Waals surface area contributed by atoms with Gasteiger partial charge in [-0.3, -0.25) is 4.79 Å². The molecule has 0 bridgehead atoms. The van der Waals surface area contributed by atoms with E-state index in [1.807, 2.05) is 0 Å². The molecule has 0 atom stereocenters. The van der Waals surface area contributed by atoms with Gasteiger partial charge in [0.25, 0.3) is 0 Å². The number of rotatable bonds is 3. The SMILES string of the molecule is COC(=O)c1ccc(C(=O)CBr)cc1C. The van der Waals surface area contributed by atoms with E-state index in [-0.39, 0.29) is 17.1 Å². The van der Waals surface area contributed by atoms with Gasteiger partial charge in [0.1, 0.15) is 0 Å². The van der Waals surface area contributed by atoms with Gasteiger partial charge in [-0.05, 0) is 24.6 Å². The quantitative estimate of drug-likeness (QED) is 0.481. The summed E-state index contributed by atoms with van der Waals surface area (Å²) in [7, 11) is 1.33. The standard InChI is InChI=1S/C11H11BrO3/c1-7-5-8(10(13)6-12)3-4-9(7)11(14)15-2/h3-5H,6H2,1-2H3. The van der Waals surface area contributed by atoms with E-state index < -0.39 is 0 Å². The molecule has 0 aromatic heterocycles. The van der Waals surface area contributed by atoms with Crippen LogP contribution in [0.25, 0.3) is 0 Å². The van der Waals surface area contributed by atoms with E-state index in [0.717, 1.165) is 5.56 Å². The van der Waals surface area contributed by atoms with Crippen molar-refractivity contribution in [3.63, 3.8) is 0 Å². The molecule has 0 saturated carbocycles. The van der Waals surface area contributed by atoms with Gasteiger partial charge in [-0.1, -0.05) is 22.0 Å². The molecule has 0 aliphatic heterocycles. The number of hydrogen-bond donors (Lipinski definition) is 0. The summed E-state index contributed by atoms with van der Waals surface area (Å²) < 4.78 is 4.61. The molecule has 0 amide bonds. The lowest BCUT2D eigenvalue weighted by molar-refractivity contribution is 0.0599. The Hall–Kier alpha value is -1.16. The highest BCUT2D eigenvalue weighted by atomic mass is 79.9. The van der Waals surface area contributed by atoms with Gasteiger partial charge in [0.15, 0.2) is 5.78 Å². The van der Waals surface area contributed by atoms with E-state index in [4.69, 9.17) is 0 Å². The van der Waals surface area contributed by atoms with Crippen molar-refractivity contribution in [2.75, 3.05) is 12.4 Å². The van der Waals surface area contributed by atoms with E-state index >= 15 is 0 Å². The van der Waals surface area contributed by atoms with Crippen LogP contribution in [0.1, 0.15) is 26.3 Å². The molecule has 1 aromatic carbocycles. The van der Waals surface area contributed by atoms with Crippen LogP contribution in [0.2, 0.25) is 0 Å². The lowest BCUT2D eigenvalue weighted by Gasteiger charge is -2.05. The number of aryl methyl sites for hydroxylation is 1. The van der Waals surface area contributed by atoms with Crippen molar-refractivity contribution in [1.29, 1.82) is 0 Å². The monoisotopic (exact) mass is 270 g/mol. The summed E-state index contributed by atoms with van der Waals surface area (Å²) in [4.78, 5) is 22.6. The van der Waals surface area contributed by atoms with E-state index in [1.54, 1.807) is 25.1 Å². The van der Waals surface area contributed by atoms with Crippen molar-refractivity contribution in [2.45, 2.75) is 6.92 Å². The third kappa shape index (κ3) is 2.65. The number of ether oxygens (including phenoxy) is 1. The molecule has 0 fully saturated rings. The summed E-state index contributed by atoms with van der Waals surface area (Å²) in [6, 6.07) is 4.93. The number of halogens is 1. The first-order valence-corrected chi connectivity index (χ1v) is 5.50. The zero-order valence-electron chi connectivity index (χ0n) is 8.54. The predicted octanol–water partition coefficient (Wildman–Crippen LogP) is 2.36. The Kier molecular flexibility index (Phi) is 4.03. The van der Waals surface area contributed by atoms with Crippen molar-refractivity contribution in [2.24, 2.45) is 0 Å². The Labute approximate surface area is 96.6 Å². The predicted molar refractivity (Wildman–Crippen MR) is 60.6 cm³/mol. The van der Waals surface area contributed by atoms with Gasteiger partial charge in [-0.25, -0.2) is 4.79 Å². The molecular weight excluding hydrogens is 260 g/mol. The number of hydrogen-bond acceptors (Lipinski definition) is 3. The van der Waals surface area contributed by atoms with Crippen molar-refractivity contribution < 1.29 is 14.3 Å². The largest absolute Gasteiger partial charge is 0.465 e. The summed E-state index contributed by atoms with van der Waals surface area (Å²) >= 11 is 3.10. The maximum Gasteiger partial charge on any atom is 0.338 e. The zero-order chi connectivity index (χ0) is 11.4. The van der Waals surface area contributed by atoms with Gasteiger partial charge in [0, 0.05) is 5.56 Å². The van der Waals surface area contributed by atoms with Gasteiger partial charge in [-0.15, -0.1) is 0 Å². The average Bonchev–Trinajstić information content (AvgIpc) is 2.26. The third-order valence-electron chi connectivity index (χ3n) is 2.08. The normalized spacial score (nSPS) is 9.80. The van der Waals surface area contributed by atoms with Gasteiger partial charge >= 0.3 is 5.97 Å². The molecule has 1 rings (SSSR count). The molecule has 0 aliphatic carbocycles. The second-order valence-electron chi connectivity index (χ2n) is 3.08. The maximum atomic E-state index is 11.4. The van der Waals surface area contributed by atoms with Crippen LogP contribution in [0.4, 0.5) is 0 Å². The lowest BCUT2D eigenvalue weighted by Crippen LogP contribution is -2.06. The van der Waals surface area contributed by atoms with Crippen LogP contribution >= 0.6 is 15.9 Å². The second kappa shape index (κ2) is 5.07. The Morgan fingerprint density at radius 2 is 2.07 bits per heavy atom. The summed E-state index contributed by atoms with van der Waals surface area (Å²) in [6.07, 6.45) is 0. The number of Topliss-reactive ketones (excluding diaryl/α,β-unsaturated/α-hetero) is 1. The molecule has 1 aromatic rings. The van der Waals surface area contributed by atoms with Crippen molar-refractivity contribution in [3.8, 4) is 0 Å². The van der Waals surface area contributed by atoms with Crippen LogP contribution in [0.3, 0.4) is 0 Å². The molecule has 4 heteroatoms. The summed E-state index contributed by atoms with van der Waals surface area (Å²) in [5.41, 5.74) is 1.83. The van der Waals surface area contributed by atoms with Gasteiger partial charge < -0.3 is 4.74 Å². The molecule has 0 radical (unpaired) electrons. The Morgan fingerprint density at radius 3 is 2.53 bits per heavy atom. The van der Waals surface area contributed by atoms with Crippen LogP contribution in [0, 0.1) is 6.92 Å². The fourth-order valence-corrected chi connectivity index (χ4v) is 1.58. The molecule has 80 valence electrons. The number of ketones is 1. The van der Waals surface area contributed by atoms with Crippen LogP contribution < -0.4 is 0 Å². The highest BCUT2D eigenvalue weighted by Crippen LogP contribution is 2.13. The molecule has 0 heterocycles. The third-order valence-corrected chi connectivity index (χ3v) is 2.58. The first kappa shape index (κ1) is 11.9. The first-order chi connectivity index (χ1) is 7.10. The van der Waals surface area contributed by atoms with Crippen molar-refractivity contribution in [3.05, 3.63) is 34.9 Å². The minimum atomic E-state index is -0.384. The van der Waals surface area contributed by atoms with Gasteiger partial charge in [-0.2, -0.15) is 0 Å². The highest BCUT2D eigenvalue weighted by Gasteiger charge is 2.11. The number of methoxy groups -OCH3 is 1. The van der Waals surface area contributed by atoms with E-state index in [1.165, 1.54) is 7.11 Å². The lowest BCUT2D eigenvalue weighted by atomic mass is 10.0. The molecule has 0 unspecified atom stereocenters. The Bertz CT molecular complexity index is 399. The molecule has 3 nitrogen and oxygen atoms in total. The molecule has 15 heavy (non-hydrogen) atoms. The fraction of sp³-hybridized carbons (Fsp3) is 0.273. The molecule has 0 spiro atoms. The fourth-order valence-electron chi connectivity index (χ4n) is 1.25. The molecule has 0 N–H and O–H groups in total. The topological polar surface area (TPSA) is 43.4 Å². The number of alkyl halides is 1. The average molecular weight is 271 g/mol. The van der Waals surface area contributed by atoms with Crippen molar-refractivity contribution in [1.82, 2.24) is 0 Å². The molecule has 0 aliphatic rings. The van der Waals surface area contributed by atoms with E-state index in [0.29, 0.717) is 11.1 Å².